The molecule has 2 rings (SSSR count). The lowest BCUT2D eigenvalue weighted by atomic mass is 10.2. The lowest BCUT2D eigenvalue weighted by molar-refractivity contribution is 0.102. The number of rotatable bonds is 3. The monoisotopic (exact) mass is 294 g/mol. The highest BCUT2D eigenvalue weighted by molar-refractivity contribution is 6.35. The molecule has 0 saturated heterocycles. The van der Waals surface area contributed by atoms with Gasteiger partial charge in [0.05, 0.1) is 0 Å². The van der Waals surface area contributed by atoms with Crippen molar-refractivity contribution in [2.24, 2.45) is 5.73 Å². The first-order valence-electron chi connectivity index (χ1n) is 5.65. The van der Waals surface area contributed by atoms with Gasteiger partial charge < -0.3 is 11.1 Å². The predicted octanol–water partition coefficient (Wildman–Crippen LogP) is 3.70. The minimum atomic E-state index is -0.259. The third-order valence-corrected chi connectivity index (χ3v) is 3.01. The van der Waals surface area contributed by atoms with Gasteiger partial charge in [0.2, 0.25) is 0 Å². The van der Waals surface area contributed by atoms with Crippen LogP contribution in [-0.4, -0.2) is 5.91 Å². The van der Waals surface area contributed by atoms with Crippen LogP contribution < -0.4 is 11.1 Å². The highest BCUT2D eigenvalue weighted by atomic mass is 35.5. The molecule has 0 spiro atoms. The number of anilines is 1. The van der Waals surface area contributed by atoms with Gasteiger partial charge in [-0.1, -0.05) is 35.3 Å². The summed E-state index contributed by atoms with van der Waals surface area (Å²) in [5.74, 6) is -0.259. The smallest absolute Gasteiger partial charge is 0.255 e. The van der Waals surface area contributed by atoms with Crippen molar-refractivity contribution < 1.29 is 4.79 Å². The molecule has 0 aromatic heterocycles. The summed E-state index contributed by atoms with van der Waals surface area (Å²) in [6, 6.07) is 12.0. The van der Waals surface area contributed by atoms with Crippen molar-refractivity contribution in [1.29, 1.82) is 0 Å². The van der Waals surface area contributed by atoms with E-state index in [4.69, 9.17) is 28.9 Å². The summed E-state index contributed by atoms with van der Waals surface area (Å²) in [7, 11) is 0. The van der Waals surface area contributed by atoms with Crippen molar-refractivity contribution in [3.05, 3.63) is 63.6 Å². The van der Waals surface area contributed by atoms with Crippen molar-refractivity contribution in [3.63, 3.8) is 0 Å². The second kappa shape index (κ2) is 6.06. The van der Waals surface area contributed by atoms with Crippen LogP contribution in [-0.2, 0) is 6.54 Å². The minimum Gasteiger partial charge on any atom is -0.326 e. The lowest BCUT2D eigenvalue weighted by Gasteiger charge is -2.07. The van der Waals surface area contributed by atoms with Gasteiger partial charge in [0.15, 0.2) is 0 Å². The van der Waals surface area contributed by atoms with Crippen LogP contribution in [0, 0.1) is 0 Å². The average molecular weight is 295 g/mol. The van der Waals surface area contributed by atoms with Gasteiger partial charge in [0, 0.05) is 27.8 Å². The number of carbonyl (C=O) groups is 1. The number of carbonyl (C=O) groups excluding carboxylic acids is 1. The molecule has 0 unspecified atom stereocenters. The summed E-state index contributed by atoms with van der Waals surface area (Å²) in [4.78, 5) is 12.0. The van der Waals surface area contributed by atoms with Crippen LogP contribution in [0.15, 0.2) is 42.5 Å². The van der Waals surface area contributed by atoms with Crippen molar-refractivity contribution in [2.45, 2.75) is 6.54 Å². The van der Waals surface area contributed by atoms with Crippen molar-refractivity contribution in [3.8, 4) is 0 Å². The molecule has 3 nitrogen and oxygen atoms in total. The molecule has 2 aromatic rings. The predicted molar refractivity (Wildman–Crippen MR) is 78.7 cm³/mol. The third-order valence-electron chi connectivity index (χ3n) is 2.57. The second-order valence-corrected chi connectivity index (χ2v) is 4.89. The molecule has 2 aromatic carbocycles. The van der Waals surface area contributed by atoms with Crippen molar-refractivity contribution >= 4 is 34.8 Å². The molecule has 0 aliphatic carbocycles. The molecule has 19 heavy (non-hydrogen) atoms. The van der Waals surface area contributed by atoms with Gasteiger partial charge in [-0.2, -0.15) is 0 Å². The van der Waals surface area contributed by atoms with Gasteiger partial charge in [0.25, 0.3) is 5.91 Å². The van der Waals surface area contributed by atoms with Gasteiger partial charge >= 0.3 is 0 Å². The van der Waals surface area contributed by atoms with E-state index in [1.807, 2.05) is 12.1 Å². The Morgan fingerprint density at radius 3 is 2.16 bits per heavy atom. The molecule has 0 saturated carbocycles. The summed E-state index contributed by atoms with van der Waals surface area (Å²) in [6.45, 7) is 0.470. The molecule has 0 heterocycles. The van der Waals surface area contributed by atoms with Gasteiger partial charge in [0.1, 0.15) is 0 Å². The van der Waals surface area contributed by atoms with Gasteiger partial charge in [-0.3, -0.25) is 4.79 Å². The first kappa shape index (κ1) is 13.9. The molecule has 0 bridgehead atoms. The zero-order chi connectivity index (χ0) is 13.8. The molecule has 0 atom stereocenters. The van der Waals surface area contributed by atoms with E-state index < -0.39 is 0 Å². The molecular weight excluding hydrogens is 283 g/mol. The number of nitrogens with one attached hydrogen (secondary N) is 1. The largest absolute Gasteiger partial charge is 0.326 e. The molecule has 1 amide bonds. The molecule has 98 valence electrons. The number of halogens is 2. The summed E-state index contributed by atoms with van der Waals surface area (Å²) < 4.78 is 0. The Balaban J connectivity index is 2.15. The first-order chi connectivity index (χ1) is 9.08. The fourth-order valence-electron chi connectivity index (χ4n) is 1.61. The van der Waals surface area contributed by atoms with E-state index in [-0.39, 0.29) is 5.91 Å². The summed E-state index contributed by atoms with van der Waals surface area (Å²) in [5, 5.41) is 3.62. The maximum Gasteiger partial charge on any atom is 0.255 e. The lowest BCUT2D eigenvalue weighted by Crippen LogP contribution is -2.12. The second-order valence-electron chi connectivity index (χ2n) is 4.01. The molecule has 0 fully saturated rings. The van der Waals surface area contributed by atoms with Crippen LogP contribution in [0.4, 0.5) is 5.69 Å². The standard InChI is InChI=1S/C14H12Cl2N2O/c15-11-5-10(6-12(16)7-11)14(19)18-13-3-1-9(8-17)2-4-13/h1-7H,8,17H2,(H,18,19). The number of benzene rings is 2. The maximum absolute atomic E-state index is 12.0. The quantitative estimate of drug-likeness (QED) is 0.907. The summed E-state index contributed by atoms with van der Waals surface area (Å²) >= 11 is 11.7. The van der Waals surface area contributed by atoms with Crippen LogP contribution in [0.1, 0.15) is 15.9 Å². The topological polar surface area (TPSA) is 55.1 Å². The Labute approximate surface area is 121 Å². The van der Waals surface area contributed by atoms with Gasteiger partial charge in [-0.05, 0) is 35.9 Å². The van der Waals surface area contributed by atoms with E-state index in [1.54, 1.807) is 30.3 Å². The van der Waals surface area contributed by atoms with Gasteiger partial charge in [-0.25, -0.2) is 0 Å². The van der Waals surface area contributed by atoms with Crippen LogP contribution in [0.25, 0.3) is 0 Å². The zero-order valence-electron chi connectivity index (χ0n) is 9.99. The first-order valence-corrected chi connectivity index (χ1v) is 6.40. The van der Waals surface area contributed by atoms with E-state index in [2.05, 4.69) is 5.32 Å². The van der Waals surface area contributed by atoms with E-state index >= 15 is 0 Å². The zero-order valence-corrected chi connectivity index (χ0v) is 11.5. The Hall–Kier alpha value is -1.55. The molecule has 5 heteroatoms. The molecular formula is C14H12Cl2N2O. The van der Waals surface area contributed by atoms with E-state index in [9.17, 15) is 4.79 Å². The molecule has 0 aliphatic rings. The number of amides is 1. The highest BCUT2D eigenvalue weighted by Crippen LogP contribution is 2.20. The third kappa shape index (κ3) is 3.70. The van der Waals surface area contributed by atoms with E-state index in [0.717, 1.165) is 5.56 Å². The Morgan fingerprint density at radius 2 is 1.63 bits per heavy atom. The summed E-state index contributed by atoms with van der Waals surface area (Å²) in [6.07, 6.45) is 0. The fraction of sp³-hybridized carbons (Fsp3) is 0.0714. The van der Waals surface area contributed by atoms with Crippen LogP contribution in [0.2, 0.25) is 10.0 Å². The van der Waals surface area contributed by atoms with Crippen LogP contribution >= 0.6 is 23.2 Å². The minimum absolute atomic E-state index is 0.259. The number of nitrogens with two attached hydrogens (primary N) is 1. The molecule has 0 aliphatic heterocycles. The Bertz CT molecular complexity index is 577. The van der Waals surface area contributed by atoms with Crippen molar-refractivity contribution in [1.82, 2.24) is 0 Å². The SMILES string of the molecule is NCc1ccc(NC(=O)c2cc(Cl)cc(Cl)c2)cc1. The average Bonchev–Trinajstić information content (AvgIpc) is 2.38. The number of hydrogen-bond acceptors (Lipinski definition) is 2. The van der Waals surface area contributed by atoms with E-state index in [0.29, 0.717) is 27.8 Å². The van der Waals surface area contributed by atoms with E-state index in [1.165, 1.54) is 0 Å². The van der Waals surface area contributed by atoms with Crippen molar-refractivity contribution in [2.75, 3.05) is 5.32 Å². The fourth-order valence-corrected chi connectivity index (χ4v) is 2.14. The molecule has 0 radical (unpaired) electrons. The normalized spacial score (nSPS) is 10.3. The Kier molecular flexibility index (Phi) is 4.43. The number of hydrogen-bond donors (Lipinski definition) is 2. The summed E-state index contributed by atoms with van der Waals surface area (Å²) in [5.41, 5.74) is 7.62. The maximum atomic E-state index is 12.0. The highest BCUT2D eigenvalue weighted by Gasteiger charge is 2.08. The van der Waals surface area contributed by atoms with Crippen LogP contribution in [0.5, 0.6) is 0 Å². The van der Waals surface area contributed by atoms with Crippen LogP contribution in [0.3, 0.4) is 0 Å². The Morgan fingerprint density at radius 1 is 1.05 bits per heavy atom. The van der Waals surface area contributed by atoms with Gasteiger partial charge in [-0.15, -0.1) is 0 Å². The molecule has 3 N–H and O–H groups in total.